The maximum atomic E-state index is 14.4. The first kappa shape index (κ1) is 39.1. The number of benzene rings is 1. The molecule has 1 aromatic carbocycles. The topological polar surface area (TPSA) is 121 Å². The van der Waals surface area contributed by atoms with Crippen molar-refractivity contribution in [1.29, 1.82) is 0 Å². The lowest BCUT2D eigenvalue weighted by Crippen LogP contribution is -2.60. The van der Waals surface area contributed by atoms with E-state index in [1.165, 1.54) is 0 Å². The molecule has 49 heavy (non-hydrogen) atoms. The molecule has 1 spiro atoms. The van der Waals surface area contributed by atoms with Crippen LogP contribution in [-0.4, -0.2) is 116 Å². The predicted octanol–water partition coefficient (Wildman–Crippen LogP) is 4.70. The van der Waals surface area contributed by atoms with Crippen LogP contribution >= 0.6 is 0 Å². The van der Waals surface area contributed by atoms with E-state index in [1.807, 2.05) is 46.0 Å². The Balaban J connectivity index is 1.74. The van der Waals surface area contributed by atoms with Crippen molar-refractivity contribution in [3.63, 3.8) is 0 Å². The molecule has 8 atom stereocenters. The van der Waals surface area contributed by atoms with Crippen LogP contribution < -0.4 is 0 Å². The van der Waals surface area contributed by atoms with Gasteiger partial charge in [-0.2, -0.15) is 0 Å². The first-order valence-electron chi connectivity index (χ1n) is 17.7. The lowest BCUT2D eigenvalue weighted by Gasteiger charge is -2.48. The number of nitrogens with zero attached hydrogens (tertiary/aromatic N) is 2. The van der Waals surface area contributed by atoms with Crippen LogP contribution in [0.15, 0.2) is 30.3 Å². The fourth-order valence-electron chi connectivity index (χ4n) is 8.02. The molecule has 1 aromatic rings. The van der Waals surface area contributed by atoms with Gasteiger partial charge in [-0.05, 0) is 92.6 Å². The first-order chi connectivity index (χ1) is 22.9. The predicted molar refractivity (Wildman–Crippen MR) is 184 cm³/mol. The zero-order valence-corrected chi connectivity index (χ0v) is 31.2. The summed E-state index contributed by atoms with van der Waals surface area (Å²) in [5.41, 5.74) is -2.64. The number of hydrogen-bond acceptors (Lipinski definition) is 11. The van der Waals surface area contributed by atoms with Crippen molar-refractivity contribution < 1.29 is 42.9 Å². The third-order valence-corrected chi connectivity index (χ3v) is 11.2. The third-order valence-electron chi connectivity index (χ3n) is 11.2. The van der Waals surface area contributed by atoms with Crippen molar-refractivity contribution in [3.05, 3.63) is 35.9 Å². The normalized spacial score (nSPS) is 34.8. The van der Waals surface area contributed by atoms with Gasteiger partial charge >= 0.3 is 11.9 Å². The Bertz CT molecular complexity index is 1320. The molecular formula is C38H58N2O9. The van der Waals surface area contributed by atoms with E-state index in [4.69, 9.17) is 23.7 Å². The second-order valence-electron chi connectivity index (χ2n) is 15.7. The number of ketones is 2. The average Bonchev–Trinajstić information content (AvgIpc) is 3.06. The standard InChI is InChI=1S/C38H58N2O9/c1-24-21-37(6,45-10)32(49-34-30(29(39(7)8)20-25(2)47-34)48-33(43)27-14-12-11-13-15-27)26(3)31(42)36(4,5)35(44)46-23-38(40(9)22-24)18-16-28(41)17-19-38/h11-15,24-26,29-30,32,34H,16-23H2,1-10H3/t24-,25-,26+,29+,30-,32-,34+,37-/m1/s1. The summed E-state index contributed by atoms with van der Waals surface area (Å²) < 4.78 is 31.8. The number of esters is 2. The van der Waals surface area contributed by atoms with Crippen LogP contribution in [0.5, 0.6) is 0 Å². The molecule has 0 aromatic heterocycles. The van der Waals surface area contributed by atoms with E-state index in [0.717, 1.165) is 0 Å². The van der Waals surface area contributed by atoms with Gasteiger partial charge in [-0.25, -0.2) is 4.79 Å². The lowest BCUT2D eigenvalue weighted by molar-refractivity contribution is -0.295. The number of methoxy groups -OCH3 is 1. The smallest absolute Gasteiger partial charge is 0.338 e. The Kier molecular flexibility index (Phi) is 12.5. The van der Waals surface area contributed by atoms with Crippen LogP contribution in [0.25, 0.3) is 0 Å². The molecule has 0 radical (unpaired) electrons. The largest absolute Gasteiger partial charge is 0.463 e. The summed E-state index contributed by atoms with van der Waals surface area (Å²) in [7, 11) is 7.47. The monoisotopic (exact) mass is 686 g/mol. The van der Waals surface area contributed by atoms with Gasteiger partial charge < -0.3 is 28.6 Å². The highest BCUT2D eigenvalue weighted by atomic mass is 16.7. The molecule has 0 bridgehead atoms. The molecule has 0 N–H and O–H groups in total. The van der Waals surface area contributed by atoms with E-state index in [9.17, 15) is 19.2 Å². The van der Waals surface area contributed by atoms with E-state index in [0.29, 0.717) is 50.6 Å². The van der Waals surface area contributed by atoms with Gasteiger partial charge in [0.25, 0.3) is 0 Å². The summed E-state index contributed by atoms with van der Waals surface area (Å²) in [6.07, 6.45) is 0.0913. The number of carbonyl (C=O) groups is 4. The van der Waals surface area contributed by atoms with Gasteiger partial charge in [0.05, 0.1) is 35.0 Å². The molecule has 11 heteroatoms. The van der Waals surface area contributed by atoms with E-state index in [2.05, 4.69) is 11.8 Å². The molecule has 3 fully saturated rings. The number of Topliss-reactive ketones (excluding diaryl/α,β-unsaturated/α-hetero) is 2. The zero-order chi connectivity index (χ0) is 36.3. The molecule has 1 saturated carbocycles. The minimum Gasteiger partial charge on any atom is -0.463 e. The summed E-state index contributed by atoms with van der Waals surface area (Å²) in [5, 5.41) is 0. The van der Waals surface area contributed by atoms with Gasteiger partial charge in [0, 0.05) is 32.4 Å². The van der Waals surface area contributed by atoms with Crippen LogP contribution in [0.1, 0.15) is 90.4 Å². The lowest BCUT2D eigenvalue weighted by atomic mass is 9.74. The summed E-state index contributed by atoms with van der Waals surface area (Å²) in [6, 6.07) is 8.54. The number of likely N-dealkylation sites (N-methyl/N-ethyl adjacent to an activating group) is 2. The second kappa shape index (κ2) is 15.7. The quantitative estimate of drug-likeness (QED) is 0.306. The molecule has 0 amide bonds. The summed E-state index contributed by atoms with van der Waals surface area (Å²) >= 11 is 0. The molecule has 274 valence electrons. The molecule has 2 heterocycles. The Morgan fingerprint density at radius 1 is 1.00 bits per heavy atom. The highest BCUT2D eigenvalue weighted by molar-refractivity contribution is 6.04. The third kappa shape index (κ3) is 8.61. The number of hydrogen-bond donors (Lipinski definition) is 0. The number of carbonyl (C=O) groups excluding carboxylic acids is 4. The maximum absolute atomic E-state index is 14.4. The van der Waals surface area contributed by atoms with Crippen molar-refractivity contribution in [2.24, 2.45) is 17.3 Å². The minimum absolute atomic E-state index is 0.0507. The SMILES string of the molecule is CO[C@]1(C)C[C@@H](C)CN(C)C2(CCC(=O)CC2)COC(=O)C(C)(C)C(=O)[C@H](C)[C@H]1O[C@@H]1O[C@H](C)C[C@H](N(C)C)[C@H]1OC(=O)c1ccccc1. The Hall–Kier alpha value is -2.70. The van der Waals surface area contributed by atoms with Crippen molar-refractivity contribution in [1.82, 2.24) is 9.80 Å². The highest BCUT2D eigenvalue weighted by Crippen LogP contribution is 2.40. The summed E-state index contributed by atoms with van der Waals surface area (Å²) in [4.78, 5) is 58.1. The van der Waals surface area contributed by atoms with Crippen LogP contribution in [0.4, 0.5) is 0 Å². The van der Waals surface area contributed by atoms with Crippen LogP contribution in [0.2, 0.25) is 0 Å². The Labute approximate surface area is 292 Å². The zero-order valence-electron chi connectivity index (χ0n) is 31.2. The maximum Gasteiger partial charge on any atom is 0.338 e. The van der Waals surface area contributed by atoms with Gasteiger partial charge in [-0.3, -0.25) is 19.3 Å². The van der Waals surface area contributed by atoms with Crippen LogP contribution in [-0.2, 0) is 38.1 Å². The molecule has 2 aliphatic heterocycles. The molecule has 1 aliphatic carbocycles. The van der Waals surface area contributed by atoms with Gasteiger partial charge in [0.1, 0.15) is 17.8 Å². The average molecular weight is 687 g/mol. The fourth-order valence-corrected chi connectivity index (χ4v) is 8.02. The highest BCUT2D eigenvalue weighted by Gasteiger charge is 2.53. The van der Waals surface area contributed by atoms with Crippen LogP contribution in [0.3, 0.4) is 0 Å². The van der Waals surface area contributed by atoms with E-state index < -0.39 is 52.9 Å². The first-order valence-corrected chi connectivity index (χ1v) is 17.7. The molecule has 11 nitrogen and oxygen atoms in total. The van der Waals surface area contributed by atoms with Gasteiger partial charge in [0.15, 0.2) is 18.2 Å². The van der Waals surface area contributed by atoms with Gasteiger partial charge in [-0.15, -0.1) is 0 Å². The minimum atomic E-state index is -1.51. The van der Waals surface area contributed by atoms with Crippen molar-refractivity contribution in [2.75, 3.05) is 41.4 Å². The Morgan fingerprint density at radius 2 is 1.63 bits per heavy atom. The van der Waals surface area contributed by atoms with E-state index >= 15 is 0 Å². The molecule has 3 aliphatic rings. The van der Waals surface area contributed by atoms with E-state index in [-0.39, 0.29) is 36.2 Å². The summed E-state index contributed by atoms with van der Waals surface area (Å²) in [6.45, 7) is 11.7. The number of ether oxygens (including phenoxy) is 5. The molecular weight excluding hydrogens is 628 g/mol. The second-order valence-corrected chi connectivity index (χ2v) is 15.7. The van der Waals surface area contributed by atoms with E-state index in [1.54, 1.807) is 52.1 Å². The van der Waals surface area contributed by atoms with Gasteiger partial charge in [0.2, 0.25) is 0 Å². The Morgan fingerprint density at radius 3 is 2.22 bits per heavy atom. The molecule has 2 saturated heterocycles. The van der Waals surface area contributed by atoms with Crippen molar-refractivity contribution in [2.45, 2.75) is 122 Å². The van der Waals surface area contributed by atoms with Crippen molar-refractivity contribution >= 4 is 23.5 Å². The van der Waals surface area contributed by atoms with Crippen LogP contribution in [0, 0.1) is 17.3 Å². The number of rotatable bonds is 6. The number of cyclic esters (lactones) is 1. The van der Waals surface area contributed by atoms with Crippen molar-refractivity contribution in [3.8, 4) is 0 Å². The summed E-state index contributed by atoms with van der Waals surface area (Å²) in [5.74, 6) is -2.06. The van der Waals surface area contributed by atoms with Gasteiger partial charge in [-0.1, -0.05) is 32.0 Å². The molecule has 4 rings (SSSR count). The molecule has 0 unspecified atom stereocenters. The fraction of sp³-hybridized carbons (Fsp3) is 0.737.